The van der Waals surface area contributed by atoms with Crippen LogP contribution in [0.5, 0.6) is 0 Å². The van der Waals surface area contributed by atoms with Crippen LogP contribution in [0.15, 0.2) is 205 Å². The molecule has 244 valence electrons. The van der Waals surface area contributed by atoms with Crippen molar-refractivity contribution in [3.05, 3.63) is 200 Å². The SMILES string of the molecule is c1cc(-c2cc3ccccc3o2)cc(N(c2ccc(-c3cc4ccccc4c4ccccc34)cc2)c2cccc(-c3cccc4ccccc34)c2)c1. The average Bonchev–Trinajstić information content (AvgIpc) is 3.66. The van der Waals surface area contributed by atoms with Crippen LogP contribution in [-0.2, 0) is 0 Å². The highest BCUT2D eigenvalue weighted by Crippen LogP contribution is 2.41. The Kier molecular flexibility index (Phi) is 7.18. The molecule has 0 bridgehead atoms. The van der Waals surface area contributed by atoms with E-state index in [-0.39, 0.29) is 0 Å². The lowest BCUT2D eigenvalue weighted by Crippen LogP contribution is -2.10. The van der Waals surface area contributed by atoms with Gasteiger partial charge in [-0.05, 0) is 109 Å². The van der Waals surface area contributed by atoms with Gasteiger partial charge < -0.3 is 9.32 Å². The number of para-hydroxylation sites is 1. The summed E-state index contributed by atoms with van der Waals surface area (Å²) in [5.41, 5.74) is 9.94. The van der Waals surface area contributed by atoms with Crippen molar-refractivity contribution in [2.45, 2.75) is 0 Å². The summed E-state index contributed by atoms with van der Waals surface area (Å²) in [6.45, 7) is 0. The molecule has 1 heterocycles. The molecule has 0 fully saturated rings. The Hall–Kier alpha value is -6.90. The summed E-state index contributed by atoms with van der Waals surface area (Å²) in [4.78, 5) is 2.35. The first-order valence-electron chi connectivity index (χ1n) is 17.8. The zero-order valence-electron chi connectivity index (χ0n) is 28.4. The van der Waals surface area contributed by atoms with Crippen molar-refractivity contribution in [2.75, 3.05) is 4.90 Å². The summed E-state index contributed by atoms with van der Waals surface area (Å²) >= 11 is 0. The second-order valence-electron chi connectivity index (χ2n) is 13.3. The maximum Gasteiger partial charge on any atom is 0.135 e. The zero-order chi connectivity index (χ0) is 34.4. The first-order valence-corrected chi connectivity index (χ1v) is 17.8. The van der Waals surface area contributed by atoms with Crippen molar-refractivity contribution in [1.29, 1.82) is 0 Å². The lowest BCUT2D eigenvalue weighted by atomic mass is 9.93. The summed E-state index contributed by atoms with van der Waals surface area (Å²) in [6, 6.07) is 71.7. The van der Waals surface area contributed by atoms with Gasteiger partial charge in [-0.2, -0.15) is 0 Å². The topological polar surface area (TPSA) is 16.4 Å². The summed E-state index contributed by atoms with van der Waals surface area (Å²) in [5, 5.41) is 8.63. The molecule has 10 aromatic rings. The van der Waals surface area contributed by atoms with Gasteiger partial charge in [0.15, 0.2) is 0 Å². The number of nitrogens with zero attached hydrogens (tertiary/aromatic N) is 1. The lowest BCUT2D eigenvalue weighted by molar-refractivity contribution is 0.631. The van der Waals surface area contributed by atoms with E-state index in [0.717, 1.165) is 39.4 Å². The minimum Gasteiger partial charge on any atom is -0.456 e. The van der Waals surface area contributed by atoms with E-state index in [1.807, 2.05) is 18.2 Å². The molecule has 0 amide bonds. The highest BCUT2D eigenvalue weighted by Gasteiger charge is 2.17. The van der Waals surface area contributed by atoms with Crippen molar-refractivity contribution >= 4 is 60.3 Å². The fourth-order valence-corrected chi connectivity index (χ4v) is 7.74. The van der Waals surface area contributed by atoms with E-state index in [2.05, 4.69) is 187 Å². The van der Waals surface area contributed by atoms with Gasteiger partial charge >= 0.3 is 0 Å². The molecule has 0 unspecified atom stereocenters. The standard InChI is InChI=1S/C50H33NO/c1-4-20-43-34(12-1)15-11-24-44(43)36-16-9-18-41(30-36)51(42-19-10-17-38(31-42)50-33-39-14-3-8-25-49(39)52-50)40-28-26-35(27-29-40)48-32-37-13-2-5-21-45(37)46-22-6-7-23-47(46)48/h1-33H. The number of benzene rings is 9. The van der Waals surface area contributed by atoms with Gasteiger partial charge in [0, 0.05) is 28.0 Å². The fourth-order valence-electron chi connectivity index (χ4n) is 7.74. The largest absolute Gasteiger partial charge is 0.456 e. The molecule has 0 saturated heterocycles. The number of anilines is 3. The van der Waals surface area contributed by atoms with Crippen LogP contribution in [0, 0.1) is 0 Å². The van der Waals surface area contributed by atoms with Crippen LogP contribution < -0.4 is 4.90 Å². The molecule has 52 heavy (non-hydrogen) atoms. The van der Waals surface area contributed by atoms with Crippen molar-refractivity contribution in [3.8, 4) is 33.6 Å². The van der Waals surface area contributed by atoms with Crippen molar-refractivity contribution in [3.63, 3.8) is 0 Å². The van der Waals surface area contributed by atoms with Gasteiger partial charge in [0.1, 0.15) is 11.3 Å². The molecule has 0 aliphatic rings. The van der Waals surface area contributed by atoms with Crippen LogP contribution in [0.2, 0.25) is 0 Å². The third-order valence-electron chi connectivity index (χ3n) is 10.2. The minimum absolute atomic E-state index is 0.853. The molecule has 1 aromatic heterocycles. The van der Waals surface area contributed by atoms with Crippen LogP contribution in [0.4, 0.5) is 17.1 Å². The van der Waals surface area contributed by atoms with E-state index in [1.165, 1.54) is 54.6 Å². The van der Waals surface area contributed by atoms with Gasteiger partial charge in [-0.1, -0.05) is 146 Å². The smallest absolute Gasteiger partial charge is 0.135 e. The Bertz CT molecular complexity index is 2880. The summed E-state index contributed by atoms with van der Waals surface area (Å²) < 4.78 is 6.33. The number of hydrogen-bond acceptors (Lipinski definition) is 2. The molecular weight excluding hydrogens is 631 g/mol. The Morgan fingerprint density at radius 2 is 0.904 bits per heavy atom. The Morgan fingerprint density at radius 1 is 0.308 bits per heavy atom. The summed E-state index contributed by atoms with van der Waals surface area (Å²) in [6.07, 6.45) is 0. The van der Waals surface area contributed by atoms with E-state index >= 15 is 0 Å². The summed E-state index contributed by atoms with van der Waals surface area (Å²) in [5.74, 6) is 0.853. The van der Waals surface area contributed by atoms with Gasteiger partial charge in [-0.15, -0.1) is 0 Å². The first-order chi connectivity index (χ1) is 25.8. The molecule has 0 N–H and O–H groups in total. The lowest BCUT2D eigenvalue weighted by Gasteiger charge is -2.27. The maximum atomic E-state index is 6.33. The third kappa shape index (κ3) is 5.21. The molecule has 0 saturated carbocycles. The van der Waals surface area contributed by atoms with E-state index in [0.29, 0.717) is 0 Å². The quantitative estimate of drug-likeness (QED) is 0.165. The van der Waals surface area contributed by atoms with Gasteiger partial charge in [-0.25, -0.2) is 0 Å². The molecule has 2 heteroatoms. The third-order valence-corrected chi connectivity index (χ3v) is 10.2. The Labute approximate surface area is 302 Å². The Balaban J connectivity index is 1.12. The molecule has 0 spiro atoms. The fraction of sp³-hybridized carbons (Fsp3) is 0. The van der Waals surface area contributed by atoms with Gasteiger partial charge in [0.25, 0.3) is 0 Å². The normalized spacial score (nSPS) is 11.5. The van der Waals surface area contributed by atoms with Crippen molar-refractivity contribution < 1.29 is 4.42 Å². The molecular formula is C50H33NO. The van der Waals surface area contributed by atoms with E-state index in [1.54, 1.807) is 0 Å². The monoisotopic (exact) mass is 663 g/mol. The van der Waals surface area contributed by atoms with E-state index in [4.69, 9.17) is 4.42 Å². The van der Waals surface area contributed by atoms with Crippen LogP contribution in [0.25, 0.3) is 76.9 Å². The highest BCUT2D eigenvalue weighted by atomic mass is 16.3. The first kappa shape index (κ1) is 30.0. The number of fused-ring (bicyclic) bond motifs is 5. The van der Waals surface area contributed by atoms with E-state index < -0.39 is 0 Å². The van der Waals surface area contributed by atoms with Gasteiger partial charge in [-0.3, -0.25) is 0 Å². The predicted molar refractivity (Wildman–Crippen MR) is 220 cm³/mol. The second kappa shape index (κ2) is 12.5. The van der Waals surface area contributed by atoms with Crippen LogP contribution in [-0.4, -0.2) is 0 Å². The summed E-state index contributed by atoms with van der Waals surface area (Å²) in [7, 11) is 0. The average molecular weight is 664 g/mol. The van der Waals surface area contributed by atoms with Crippen molar-refractivity contribution in [2.24, 2.45) is 0 Å². The predicted octanol–water partition coefficient (Wildman–Crippen LogP) is 14.4. The molecule has 0 atom stereocenters. The number of rotatable bonds is 6. The van der Waals surface area contributed by atoms with Crippen molar-refractivity contribution in [1.82, 2.24) is 0 Å². The minimum atomic E-state index is 0.853. The number of hydrogen-bond donors (Lipinski definition) is 0. The number of furan rings is 1. The second-order valence-corrected chi connectivity index (χ2v) is 13.3. The highest BCUT2D eigenvalue weighted by molar-refractivity contribution is 6.13. The Morgan fingerprint density at radius 3 is 1.69 bits per heavy atom. The molecule has 0 radical (unpaired) electrons. The van der Waals surface area contributed by atoms with Gasteiger partial charge in [0.2, 0.25) is 0 Å². The van der Waals surface area contributed by atoms with E-state index in [9.17, 15) is 0 Å². The van der Waals surface area contributed by atoms with Crippen LogP contribution >= 0.6 is 0 Å². The molecule has 10 rings (SSSR count). The van der Waals surface area contributed by atoms with Gasteiger partial charge in [0.05, 0.1) is 0 Å². The maximum absolute atomic E-state index is 6.33. The molecule has 0 aliphatic heterocycles. The molecule has 2 nitrogen and oxygen atoms in total. The van der Waals surface area contributed by atoms with Crippen LogP contribution in [0.1, 0.15) is 0 Å². The van der Waals surface area contributed by atoms with Crippen LogP contribution in [0.3, 0.4) is 0 Å². The molecule has 0 aliphatic carbocycles. The molecule has 9 aromatic carbocycles. The zero-order valence-corrected chi connectivity index (χ0v) is 28.4.